The van der Waals surface area contributed by atoms with Crippen molar-refractivity contribution >= 4 is 0 Å². The van der Waals surface area contributed by atoms with Gasteiger partial charge < -0.3 is 4.74 Å². The Bertz CT molecular complexity index is 726. The van der Waals surface area contributed by atoms with Crippen LogP contribution in [0.1, 0.15) is 74.7 Å². The third-order valence-electron chi connectivity index (χ3n) is 5.48. The molecule has 1 aliphatic carbocycles. The minimum Gasteiger partial charge on any atom is -0.493 e. The lowest BCUT2D eigenvalue weighted by Gasteiger charge is -2.27. The smallest absolute Gasteiger partial charge is 0.131 e. The van der Waals surface area contributed by atoms with Gasteiger partial charge in [-0.05, 0) is 74.3 Å². The van der Waals surface area contributed by atoms with Crippen LogP contribution >= 0.6 is 0 Å². The van der Waals surface area contributed by atoms with E-state index in [1.807, 2.05) is 24.5 Å². The minimum absolute atomic E-state index is 0.487. The molecular formula is C23H29N3O. The molecule has 0 aliphatic heterocycles. The maximum absolute atomic E-state index is 8.84. The highest BCUT2D eigenvalue weighted by Crippen LogP contribution is 2.34. The fourth-order valence-electron chi connectivity index (χ4n) is 3.71. The number of benzene rings is 1. The number of ether oxygens (including phenoxy) is 1. The topological polar surface area (TPSA) is 58.8 Å². The van der Waals surface area contributed by atoms with Gasteiger partial charge in [-0.25, -0.2) is 9.97 Å². The van der Waals surface area contributed by atoms with Gasteiger partial charge in [-0.2, -0.15) is 5.26 Å². The third-order valence-corrected chi connectivity index (χ3v) is 5.48. The van der Waals surface area contributed by atoms with Gasteiger partial charge in [0.25, 0.3) is 0 Å². The Morgan fingerprint density at radius 3 is 2.37 bits per heavy atom. The van der Waals surface area contributed by atoms with Gasteiger partial charge in [-0.1, -0.05) is 19.8 Å². The Morgan fingerprint density at radius 1 is 1.04 bits per heavy atom. The molecule has 1 aliphatic rings. The van der Waals surface area contributed by atoms with Crippen molar-refractivity contribution < 1.29 is 4.74 Å². The van der Waals surface area contributed by atoms with Gasteiger partial charge >= 0.3 is 0 Å². The summed E-state index contributed by atoms with van der Waals surface area (Å²) in [5.41, 5.74) is 1.93. The molecular weight excluding hydrogens is 334 g/mol. The van der Waals surface area contributed by atoms with Crippen LogP contribution in [0.4, 0.5) is 0 Å². The quantitative estimate of drug-likeness (QED) is 0.586. The van der Waals surface area contributed by atoms with Gasteiger partial charge in [0.15, 0.2) is 0 Å². The summed E-state index contributed by atoms with van der Waals surface area (Å²) in [6, 6.07) is 9.48. The number of unbranched alkanes of at least 4 members (excludes halogenated alkanes) is 2. The van der Waals surface area contributed by atoms with Crippen LogP contribution in [0.25, 0.3) is 0 Å². The Morgan fingerprint density at radius 2 is 1.74 bits per heavy atom. The van der Waals surface area contributed by atoms with E-state index >= 15 is 0 Å². The van der Waals surface area contributed by atoms with Crippen LogP contribution in [-0.4, -0.2) is 16.6 Å². The first-order valence-corrected chi connectivity index (χ1v) is 10.2. The van der Waals surface area contributed by atoms with Crippen molar-refractivity contribution in [2.45, 2.75) is 64.2 Å². The molecule has 3 rings (SSSR count). The van der Waals surface area contributed by atoms with Crippen LogP contribution < -0.4 is 4.74 Å². The molecule has 1 aromatic carbocycles. The summed E-state index contributed by atoms with van der Waals surface area (Å²) in [5.74, 6) is 2.94. The Kier molecular flexibility index (Phi) is 7.21. The highest BCUT2D eigenvalue weighted by atomic mass is 16.5. The largest absolute Gasteiger partial charge is 0.493 e. The molecule has 1 saturated carbocycles. The standard InChI is InChI=1S/C23H29N3O/c1-2-3-4-5-20-15-25-23(26-16-20)21-10-6-19(7-11-21)17-27-22-12-8-18(14-24)9-13-22/h8-9,12-13,15-16,19,21H,2-7,10-11,17H2,1H3/t19-,21-. The SMILES string of the molecule is CCCCCc1cnc([C@H]2CC[C@H](COc3ccc(C#N)cc3)CC2)nc1. The third kappa shape index (κ3) is 5.79. The summed E-state index contributed by atoms with van der Waals surface area (Å²) >= 11 is 0. The molecule has 0 atom stereocenters. The normalized spacial score (nSPS) is 19.4. The van der Waals surface area contributed by atoms with Gasteiger partial charge in [0.05, 0.1) is 18.2 Å². The Labute approximate surface area is 162 Å². The molecule has 0 bridgehead atoms. The summed E-state index contributed by atoms with van der Waals surface area (Å²) in [6.45, 7) is 2.97. The van der Waals surface area contributed by atoms with Crippen LogP contribution in [0, 0.1) is 17.2 Å². The predicted molar refractivity (Wildman–Crippen MR) is 107 cm³/mol. The zero-order chi connectivity index (χ0) is 18.9. The highest BCUT2D eigenvalue weighted by Gasteiger charge is 2.24. The first-order valence-electron chi connectivity index (χ1n) is 10.2. The van der Waals surface area contributed by atoms with E-state index in [1.54, 1.807) is 12.1 Å². The van der Waals surface area contributed by atoms with E-state index in [0.29, 0.717) is 17.4 Å². The van der Waals surface area contributed by atoms with Crippen molar-refractivity contribution in [2.24, 2.45) is 5.92 Å². The van der Waals surface area contributed by atoms with Crippen LogP contribution in [0.2, 0.25) is 0 Å². The second-order valence-electron chi connectivity index (χ2n) is 7.57. The summed E-state index contributed by atoms with van der Waals surface area (Å²) in [6.07, 6.45) is 13.5. The number of hydrogen-bond donors (Lipinski definition) is 0. The summed E-state index contributed by atoms with van der Waals surface area (Å²) in [5, 5.41) is 8.84. The maximum atomic E-state index is 8.84. The molecule has 1 aromatic heterocycles. The van der Waals surface area contributed by atoms with E-state index in [2.05, 4.69) is 23.0 Å². The second-order valence-corrected chi connectivity index (χ2v) is 7.57. The minimum atomic E-state index is 0.487. The molecule has 0 radical (unpaired) electrons. The van der Waals surface area contributed by atoms with Crippen molar-refractivity contribution in [1.82, 2.24) is 9.97 Å². The zero-order valence-corrected chi connectivity index (χ0v) is 16.2. The van der Waals surface area contributed by atoms with Gasteiger partial charge in [-0.15, -0.1) is 0 Å². The zero-order valence-electron chi connectivity index (χ0n) is 16.2. The molecule has 1 fully saturated rings. The van der Waals surface area contributed by atoms with Crippen molar-refractivity contribution in [2.75, 3.05) is 6.61 Å². The van der Waals surface area contributed by atoms with E-state index in [9.17, 15) is 0 Å². The fraction of sp³-hybridized carbons (Fsp3) is 0.522. The summed E-state index contributed by atoms with van der Waals surface area (Å²) in [7, 11) is 0. The maximum Gasteiger partial charge on any atom is 0.131 e. The van der Waals surface area contributed by atoms with Crippen molar-refractivity contribution in [3.05, 3.63) is 53.6 Å². The van der Waals surface area contributed by atoms with E-state index in [1.165, 1.54) is 24.8 Å². The van der Waals surface area contributed by atoms with Crippen molar-refractivity contribution in [3.63, 3.8) is 0 Å². The highest BCUT2D eigenvalue weighted by molar-refractivity contribution is 5.34. The number of hydrogen-bond acceptors (Lipinski definition) is 4. The Hall–Kier alpha value is -2.41. The van der Waals surface area contributed by atoms with Crippen LogP contribution in [0.5, 0.6) is 5.75 Å². The van der Waals surface area contributed by atoms with Gasteiger partial charge in [0.2, 0.25) is 0 Å². The average molecular weight is 364 g/mol. The molecule has 0 saturated heterocycles. The fourth-order valence-corrected chi connectivity index (χ4v) is 3.71. The van der Waals surface area contributed by atoms with Gasteiger partial charge in [0.1, 0.15) is 11.6 Å². The molecule has 2 aromatic rings. The van der Waals surface area contributed by atoms with E-state index in [4.69, 9.17) is 10.00 Å². The summed E-state index contributed by atoms with van der Waals surface area (Å²) in [4.78, 5) is 9.29. The second kappa shape index (κ2) is 10.1. The molecule has 0 spiro atoms. The number of aromatic nitrogens is 2. The number of nitriles is 1. The molecule has 1 heterocycles. The first-order chi connectivity index (χ1) is 13.3. The predicted octanol–water partition coefficient (Wildman–Crippen LogP) is 5.43. The molecule has 27 heavy (non-hydrogen) atoms. The molecule has 0 N–H and O–H groups in total. The lowest BCUT2D eigenvalue weighted by Crippen LogP contribution is -2.20. The average Bonchev–Trinajstić information content (AvgIpc) is 2.74. The van der Waals surface area contributed by atoms with Crippen LogP contribution in [-0.2, 0) is 6.42 Å². The van der Waals surface area contributed by atoms with Gasteiger partial charge in [0, 0.05) is 18.3 Å². The lowest BCUT2D eigenvalue weighted by molar-refractivity contribution is 0.198. The van der Waals surface area contributed by atoms with E-state index < -0.39 is 0 Å². The van der Waals surface area contributed by atoms with Crippen LogP contribution in [0.3, 0.4) is 0 Å². The number of nitrogens with zero attached hydrogens (tertiary/aromatic N) is 3. The molecule has 142 valence electrons. The molecule has 0 unspecified atom stereocenters. The monoisotopic (exact) mass is 363 g/mol. The summed E-state index contributed by atoms with van der Waals surface area (Å²) < 4.78 is 5.91. The van der Waals surface area contributed by atoms with E-state index in [-0.39, 0.29) is 0 Å². The Balaban J connectivity index is 1.42. The first kappa shape index (κ1) is 19.4. The lowest BCUT2D eigenvalue weighted by atomic mass is 9.82. The van der Waals surface area contributed by atoms with Crippen molar-refractivity contribution in [1.29, 1.82) is 5.26 Å². The van der Waals surface area contributed by atoms with Gasteiger partial charge in [-0.3, -0.25) is 0 Å². The van der Waals surface area contributed by atoms with E-state index in [0.717, 1.165) is 50.3 Å². The molecule has 0 amide bonds. The van der Waals surface area contributed by atoms with Crippen LogP contribution in [0.15, 0.2) is 36.7 Å². The number of aryl methyl sites for hydroxylation is 1. The number of rotatable bonds is 8. The molecule has 4 nitrogen and oxygen atoms in total. The van der Waals surface area contributed by atoms with Crippen molar-refractivity contribution in [3.8, 4) is 11.8 Å². The molecule has 4 heteroatoms.